The van der Waals surface area contributed by atoms with Crippen LogP contribution in [0.25, 0.3) is 0 Å². The normalized spacial score (nSPS) is 22.1. The van der Waals surface area contributed by atoms with E-state index in [4.69, 9.17) is 18.5 Å². The highest BCUT2D eigenvalue weighted by molar-refractivity contribution is 8.14. The number of amidine groups is 1. The Bertz CT molecular complexity index is 1520. The van der Waals surface area contributed by atoms with Gasteiger partial charge in [0.1, 0.15) is 17.7 Å². The van der Waals surface area contributed by atoms with E-state index in [0.29, 0.717) is 25.7 Å². The number of oxime groups is 1. The molecule has 258 valence electrons. The largest absolute Gasteiger partial charge is 0.463 e. The summed E-state index contributed by atoms with van der Waals surface area (Å²) in [6.45, 7) is 8.69. The summed E-state index contributed by atoms with van der Waals surface area (Å²) < 4.78 is 41.1. The van der Waals surface area contributed by atoms with Crippen molar-refractivity contribution in [2.75, 3.05) is 19.0 Å². The molecule has 0 spiro atoms. The predicted molar refractivity (Wildman–Crippen MR) is 172 cm³/mol. The third kappa shape index (κ3) is 9.44. The van der Waals surface area contributed by atoms with Crippen molar-refractivity contribution in [3.05, 3.63) is 29.8 Å². The second kappa shape index (κ2) is 15.0. The molecule has 0 aromatic heterocycles. The third-order valence-corrected chi connectivity index (χ3v) is 9.66. The van der Waals surface area contributed by atoms with Gasteiger partial charge in [-0.2, -0.15) is 8.42 Å². The van der Waals surface area contributed by atoms with Gasteiger partial charge < -0.3 is 24.9 Å². The highest BCUT2D eigenvalue weighted by Gasteiger charge is 2.50. The van der Waals surface area contributed by atoms with E-state index in [1.165, 1.54) is 12.1 Å². The molecule has 3 N–H and O–H groups in total. The van der Waals surface area contributed by atoms with E-state index in [9.17, 15) is 27.6 Å². The van der Waals surface area contributed by atoms with Gasteiger partial charge >= 0.3 is 12.1 Å². The molecule has 1 aromatic carbocycles. The van der Waals surface area contributed by atoms with Crippen molar-refractivity contribution in [3.8, 4) is 0 Å². The fraction of sp³-hybridized carbons (Fsp3) is 0.600. The number of ether oxygens (including phenoxy) is 2. The van der Waals surface area contributed by atoms with E-state index in [1.54, 1.807) is 32.9 Å². The minimum absolute atomic E-state index is 0.0496. The monoisotopic (exact) mass is 695 g/mol. The zero-order chi connectivity index (χ0) is 34.4. The fourth-order valence-corrected chi connectivity index (χ4v) is 6.37. The van der Waals surface area contributed by atoms with Gasteiger partial charge in [0.05, 0.1) is 24.2 Å². The highest BCUT2D eigenvalue weighted by atomic mass is 32.2. The first-order valence-corrected chi connectivity index (χ1v) is 17.7. The first-order valence-electron chi connectivity index (χ1n) is 15.3. The SMILES string of the molecule is CCCCOC(=O)C1(O/N=C(\C(=O)N[C@@H]2C(=O)N[C@@H]2COS(=O)(=O)c2ccc(C)cc2)C2CSC(NC(=O)OC(C)(C)C)=N2)CCC1. The maximum absolute atomic E-state index is 13.6. The Morgan fingerprint density at radius 2 is 1.87 bits per heavy atom. The highest BCUT2D eigenvalue weighted by Crippen LogP contribution is 2.37. The summed E-state index contributed by atoms with van der Waals surface area (Å²) in [6.07, 6.45) is 2.15. The van der Waals surface area contributed by atoms with E-state index in [2.05, 4.69) is 26.1 Å². The van der Waals surface area contributed by atoms with Crippen LogP contribution in [0.15, 0.2) is 39.3 Å². The van der Waals surface area contributed by atoms with E-state index in [1.807, 2.05) is 13.8 Å². The molecule has 17 heteroatoms. The molecule has 0 radical (unpaired) electrons. The minimum atomic E-state index is -4.13. The topological polar surface area (TPSA) is 200 Å². The Kier molecular flexibility index (Phi) is 11.6. The van der Waals surface area contributed by atoms with Crippen LogP contribution in [0.4, 0.5) is 4.79 Å². The lowest BCUT2D eigenvalue weighted by atomic mass is 9.80. The molecule has 3 amide bonds. The van der Waals surface area contributed by atoms with Gasteiger partial charge in [-0.25, -0.2) is 9.59 Å². The van der Waals surface area contributed by atoms with Crippen LogP contribution >= 0.6 is 11.8 Å². The molecular formula is C30H41N5O10S2. The number of rotatable bonds is 13. The van der Waals surface area contributed by atoms with Gasteiger partial charge in [0.25, 0.3) is 16.0 Å². The molecule has 1 aromatic rings. The zero-order valence-electron chi connectivity index (χ0n) is 27.0. The van der Waals surface area contributed by atoms with Gasteiger partial charge in [0.15, 0.2) is 10.9 Å². The fourth-order valence-electron chi connectivity index (χ4n) is 4.53. The van der Waals surface area contributed by atoms with Crippen LogP contribution in [0.2, 0.25) is 0 Å². The second-order valence-electron chi connectivity index (χ2n) is 12.4. The van der Waals surface area contributed by atoms with Crippen molar-refractivity contribution in [1.29, 1.82) is 0 Å². The Labute approximate surface area is 278 Å². The van der Waals surface area contributed by atoms with Crippen LogP contribution in [0.1, 0.15) is 65.4 Å². The number of carbonyl (C=O) groups is 4. The number of nitrogens with one attached hydrogen (secondary N) is 3. The van der Waals surface area contributed by atoms with Crippen molar-refractivity contribution in [2.45, 2.75) is 101 Å². The lowest BCUT2D eigenvalue weighted by molar-refractivity contribution is -0.185. The molecule has 0 bridgehead atoms. The Morgan fingerprint density at radius 1 is 1.17 bits per heavy atom. The molecule has 1 unspecified atom stereocenters. The van der Waals surface area contributed by atoms with Gasteiger partial charge in [-0.15, -0.1) is 0 Å². The van der Waals surface area contributed by atoms with Crippen LogP contribution in [0, 0.1) is 6.92 Å². The van der Waals surface area contributed by atoms with E-state index in [-0.39, 0.29) is 28.1 Å². The summed E-state index contributed by atoms with van der Waals surface area (Å²) in [6, 6.07) is 3.12. The maximum Gasteiger partial charge on any atom is 0.413 e. The van der Waals surface area contributed by atoms with Crippen LogP contribution in [-0.2, 0) is 43.0 Å². The first-order chi connectivity index (χ1) is 22.1. The van der Waals surface area contributed by atoms with Crippen molar-refractivity contribution >= 4 is 56.6 Å². The summed E-state index contributed by atoms with van der Waals surface area (Å²) in [7, 11) is -4.13. The number of aliphatic imine (C=N–C) groups is 1. The minimum Gasteiger partial charge on any atom is -0.463 e. The van der Waals surface area contributed by atoms with E-state index in [0.717, 1.165) is 23.7 Å². The van der Waals surface area contributed by atoms with Crippen LogP contribution in [0.3, 0.4) is 0 Å². The van der Waals surface area contributed by atoms with E-state index >= 15 is 0 Å². The summed E-state index contributed by atoms with van der Waals surface area (Å²) in [4.78, 5) is 61.4. The quantitative estimate of drug-likeness (QED) is 0.0683. The summed E-state index contributed by atoms with van der Waals surface area (Å²) in [5.74, 6) is -1.81. The van der Waals surface area contributed by atoms with Crippen molar-refractivity contribution in [3.63, 3.8) is 0 Å². The molecule has 1 saturated carbocycles. The molecule has 1 aliphatic carbocycles. The molecule has 3 aliphatic rings. The average molecular weight is 696 g/mol. The molecule has 3 atom stereocenters. The van der Waals surface area contributed by atoms with Crippen LogP contribution < -0.4 is 16.0 Å². The number of thioether (sulfide) groups is 1. The number of β-lactam (4-membered cyclic amide) rings is 1. The molecule has 2 heterocycles. The molecule has 1 saturated heterocycles. The molecule has 15 nitrogen and oxygen atoms in total. The summed E-state index contributed by atoms with van der Waals surface area (Å²) in [5.41, 5.74) is -1.49. The van der Waals surface area contributed by atoms with Crippen LogP contribution in [0.5, 0.6) is 0 Å². The number of hydrogen-bond donors (Lipinski definition) is 3. The Balaban J connectivity index is 1.49. The standard InChI is InChI=1S/C30H41N5O10S2/c1-6-7-15-42-26(38)30(13-8-14-30)45-35-23(21-17-46-27(32-21)34-28(39)44-29(3,4)5)25(37)33-22-20(31-24(22)36)16-43-47(40,41)19-11-9-18(2)10-12-19/h9-12,20-22H,6-8,13-17H2,1-5H3,(H,31,36)(H,33,37)(H,32,34,39)/b35-23-/t20-,21?,22+/m1/s1. The van der Waals surface area contributed by atoms with Gasteiger partial charge in [-0.1, -0.05) is 48.0 Å². The van der Waals surface area contributed by atoms with Gasteiger partial charge in [0.2, 0.25) is 11.5 Å². The van der Waals surface area contributed by atoms with Gasteiger partial charge in [-0.3, -0.25) is 24.1 Å². The molecule has 47 heavy (non-hydrogen) atoms. The van der Waals surface area contributed by atoms with Crippen molar-refractivity contribution in [2.24, 2.45) is 10.1 Å². The summed E-state index contributed by atoms with van der Waals surface area (Å²) in [5, 5.41) is 11.9. The number of esters is 1. The smallest absolute Gasteiger partial charge is 0.413 e. The summed E-state index contributed by atoms with van der Waals surface area (Å²) >= 11 is 1.14. The second-order valence-corrected chi connectivity index (χ2v) is 15.0. The maximum atomic E-state index is 13.6. The average Bonchev–Trinajstić information content (AvgIpc) is 3.42. The molecule has 2 fully saturated rings. The molecule has 4 rings (SSSR count). The molecular weight excluding hydrogens is 654 g/mol. The number of hydrogen-bond acceptors (Lipinski definition) is 13. The number of nitrogens with zero attached hydrogens (tertiary/aromatic N) is 2. The lowest BCUT2D eigenvalue weighted by Crippen LogP contribution is -2.71. The van der Waals surface area contributed by atoms with E-state index < -0.39 is 69.9 Å². The lowest BCUT2D eigenvalue weighted by Gasteiger charge is -2.37. The Morgan fingerprint density at radius 3 is 2.47 bits per heavy atom. The Hall–Kier alpha value is -3.70. The van der Waals surface area contributed by atoms with Gasteiger partial charge in [-0.05, 0) is 52.7 Å². The zero-order valence-corrected chi connectivity index (χ0v) is 28.6. The number of alkyl carbamates (subject to hydrolysis) is 1. The third-order valence-electron chi connectivity index (χ3n) is 7.40. The number of unbranched alkanes of at least 4 members (excludes halogenated alkanes) is 1. The number of benzene rings is 1. The predicted octanol–water partition coefficient (Wildman–Crippen LogP) is 2.32. The van der Waals surface area contributed by atoms with Crippen LogP contribution in [-0.4, -0.2) is 91.5 Å². The molecule has 2 aliphatic heterocycles. The van der Waals surface area contributed by atoms with Gasteiger partial charge in [0, 0.05) is 18.6 Å². The number of carbonyl (C=O) groups excluding carboxylic acids is 4. The van der Waals surface area contributed by atoms with Crippen molar-refractivity contribution in [1.82, 2.24) is 16.0 Å². The number of amides is 3. The van der Waals surface area contributed by atoms with Crippen molar-refractivity contribution < 1.29 is 46.1 Å². The number of aryl methyl sites for hydroxylation is 1. The first kappa shape index (κ1) is 36.1.